The molecule has 0 fully saturated rings. The minimum atomic E-state index is 0.567. The van der Waals surface area contributed by atoms with Gasteiger partial charge in [0.1, 0.15) is 11.6 Å². The Morgan fingerprint density at radius 2 is 2.00 bits per heavy atom. The Balaban J connectivity index is 1.77. The number of hydrogen-bond acceptors (Lipinski definition) is 5. The minimum Gasteiger partial charge on any atom is -0.467 e. The second-order valence-electron chi connectivity index (χ2n) is 5.24. The molecule has 2 heterocycles. The number of rotatable bonds is 5. The van der Waals surface area contributed by atoms with Gasteiger partial charge >= 0.3 is 0 Å². The van der Waals surface area contributed by atoms with Gasteiger partial charge < -0.3 is 15.1 Å². The van der Waals surface area contributed by atoms with Crippen molar-refractivity contribution < 1.29 is 4.42 Å². The van der Waals surface area contributed by atoms with Crippen molar-refractivity contribution in [3.05, 3.63) is 64.2 Å². The predicted octanol–water partition coefficient (Wildman–Crippen LogP) is 4.80. The van der Waals surface area contributed by atoms with E-state index in [0.29, 0.717) is 12.5 Å². The summed E-state index contributed by atoms with van der Waals surface area (Å²) < 4.78 is 6.36. The molecule has 5 nitrogen and oxygen atoms in total. The molecule has 0 saturated heterocycles. The number of hydrogen-bond donors (Lipinski definition) is 2. The van der Waals surface area contributed by atoms with Crippen LogP contribution in [0.5, 0.6) is 0 Å². The molecule has 0 spiro atoms. The van der Waals surface area contributed by atoms with E-state index in [1.165, 1.54) is 0 Å². The van der Waals surface area contributed by atoms with Gasteiger partial charge in [-0.25, -0.2) is 4.98 Å². The van der Waals surface area contributed by atoms with Crippen LogP contribution in [-0.4, -0.2) is 9.97 Å². The van der Waals surface area contributed by atoms with E-state index in [-0.39, 0.29) is 0 Å². The van der Waals surface area contributed by atoms with Gasteiger partial charge in [0, 0.05) is 21.9 Å². The number of nitrogens with zero attached hydrogens (tertiary/aromatic N) is 2. The average molecular weight is 373 g/mol. The molecule has 23 heavy (non-hydrogen) atoms. The summed E-state index contributed by atoms with van der Waals surface area (Å²) in [7, 11) is 0. The lowest BCUT2D eigenvalue weighted by atomic mass is 10.2. The number of aromatic nitrogens is 2. The molecule has 0 radical (unpaired) electrons. The number of furan rings is 1. The largest absolute Gasteiger partial charge is 0.467 e. The van der Waals surface area contributed by atoms with Crippen molar-refractivity contribution >= 4 is 33.4 Å². The first-order valence-corrected chi connectivity index (χ1v) is 8.04. The monoisotopic (exact) mass is 372 g/mol. The molecule has 3 rings (SSSR count). The first kappa shape index (κ1) is 15.6. The molecule has 3 aromatic rings. The second kappa shape index (κ2) is 6.83. The zero-order valence-electron chi connectivity index (χ0n) is 12.9. The van der Waals surface area contributed by atoms with Gasteiger partial charge in [0.2, 0.25) is 5.95 Å². The molecule has 0 aliphatic carbocycles. The molecule has 0 aliphatic rings. The number of aryl methyl sites for hydroxylation is 2. The predicted molar refractivity (Wildman–Crippen MR) is 95.0 cm³/mol. The van der Waals surface area contributed by atoms with Gasteiger partial charge in [-0.2, -0.15) is 4.98 Å². The van der Waals surface area contributed by atoms with Crippen molar-refractivity contribution in [2.24, 2.45) is 0 Å². The smallest absolute Gasteiger partial charge is 0.229 e. The highest BCUT2D eigenvalue weighted by atomic mass is 79.9. The quantitative estimate of drug-likeness (QED) is 0.672. The fraction of sp³-hybridized carbons (Fsp3) is 0.176. The Bertz CT molecular complexity index is 802. The highest BCUT2D eigenvalue weighted by molar-refractivity contribution is 9.10. The van der Waals surface area contributed by atoms with E-state index in [4.69, 9.17) is 4.42 Å². The molecule has 6 heteroatoms. The van der Waals surface area contributed by atoms with Gasteiger partial charge in [0.25, 0.3) is 0 Å². The van der Waals surface area contributed by atoms with E-state index in [0.717, 1.165) is 33.0 Å². The highest BCUT2D eigenvalue weighted by Gasteiger charge is 2.06. The van der Waals surface area contributed by atoms with Crippen LogP contribution in [-0.2, 0) is 6.54 Å². The summed E-state index contributed by atoms with van der Waals surface area (Å²) in [4.78, 5) is 8.95. The molecule has 0 bridgehead atoms. The maximum Gasteiger partial charge on any atom is 0.229 e. The van der Waals surface area contributed by atoms with E-state index in [1.807, 2.05) is 50.2 Å². The van der Waals surface area contributed by atoms with E-state index in [9.17, 15) is 0 Å². The average Bonchev–Trinajstić information content (AvgIpc) is 3.01. The van der Waals surface area contributed by atoms with E-state index in [1.54, 1.807) is 6.26 Å². The van der Waals surface area contributed by atoms with Crippen molar-refractivity contribution in [2.45, 2.75) is 20.4 Å². The summed E-state index contributed by atoms with van der Waals surface area (Å²) >= 11 is 3.47. The van der Waals surface area contributed by atoms with Crippen molar-refractivity contribution in [1.29, 1.82) is 0 Å². The van der Waals surface area contributed by atoms with Crippen molar-refractivity contribution in [3.8, 4) is 0 Å². The summed E-state index contributed by atoms with van der Waals surface area (Å²) in [6.07, 6.45) is 1.66. The highest BCUT2D eigenvalue weighted by Crippen LogP contribution is 2.23. The Labute approximate surface area is 143 Å². The molecule has 0 unspecified atom stereocenters. The molecular formula is C17H17BrN4O. The third-order valence-electron chi connectivity index (χ3n) is 3.31. The van der Waals surface area contributed by atoms with Crippen LogP contribution in [0.3, 0.4) is 0 Å². The first-order chi connectivity index (χ1) is 11.1. The van der Waals surface area contributed by atoms with Crippen LogP contribution in [0, 0.1) is 13.8 Å². The van der Waals surface area contributed by atoms with Crippen LogP contribution < -0.4 is 10.6 Å². The van der Waals surface area contributed by atoms with Crippen LogP contribution in [0.4, 0.5) is 17.5 Å². The standard InChI is InChI=1S/C17H17BrN4O/c1-11-8-13(18)5-6-15(11)21-17-20-12(2)9-16(22-17)19-10-14-4-3-7-23-14/h3-9H,10H2,1-2H3,(H2,19,20,21,22). The van der Waals surface area contributed by atoms with Gasteiger partial charge in [-0.15, -0.1) is 0 Å². The number of halogens is 1. The zero-order chi connectivity index (χ0) is 16.2. The SMILES string of the molecule is Cc1cc(NCc2ccco2)nc(Nc2ccc(Br)cc2C)n1. The maximum absolute atomic E-state index is 5.31. The Morgan fingerprint density at radius 3 is 2.74 bits per heavy atom. The van der Waals surface area contributed by atoms with Crippen LogP contribution in [0.25, 0.3) is 0 Å². The lowest BCUT2D eigenvalue weighted by Crippen LogP contribution is -2.05. The second-order valence-corrected chi connectivity index (χ2v) is 6.15. The summed E-state index contributed by atoms with van der Waals surface area (Å²) in [5, 5.41) is 6.51. The topological polar surface area (TPSA) is 63.0 Å². The number of nitrogens with one attached hydrogen (secondary N) is 2. The van der Waals surface area contributed by atoms with Gasteiger partial charge in [0.05, 0.1) is 12.8 Å². The lowest BCUT2D eigenvalue weighted by molar-refractivity contribution is 0.518. The van der Waals surface area contributed by atoms with Gasteiger partial charge in [-0.1, -0.05) is 15.9 Å². The minimum absolute atomic E-state index is 0.567. The first-order valence-electron chi connectivity index (χ1n) is 7.25. The van der Waals surface area contributed by atoms with Crippen molar-refractivity contribution in [3.63, 3.8) is 0 Å². The zero-order valence-corrected chi connectivity index (χ0v) is 14.5. The van der Waals surface area contributed by atoms with E-state index >= 15 is 0 Å². The fourth-order valence-corrected chi connectivity index (χ4v) is 2.67. The molecule has 2 aromatic heterocycles. The molecule has 0 saturated carbocycles. The molecular weight excluding hydrogens is 356 g/mol. The number of anilines is 3. The Kier molecular flexibility index (Phi) is 4.62. The van der Waals surface area contributed by atoms with E-state index in [2.05, 4.69) is 36.5 Å². The maximum atomic E-state index is 5.31. The van der Waals surface area contributed by atoms with Crippen LogP contribution in [0.1, 0.15) is 17.0 Å². The van der Waals surface area contributed by atoms with Crippen LogP contribution >= 0.6 is 15.9 Å². The number of benzene rings is 1. The summed E-state index contributed by atoms with van der Waals surface area (Å²) in [5.74, 6) is 2.18. The van der Waals surface area contributed by atoms with Gasteiger partial charge in [-0.3, -0.25) is 0 Å². The molecule has 0 aliphatic heterocycles. The lowest BCUT2D eigenvalue weighted by Gasteiger charge is -2.11. The van der Waals surface area contributed by atoms with Gasteiger partial charge in [0.15, 0.2) is 0 Å². The van der Waals surface area contributed by atoms with Crippen LogP contribution in [0.2, 0.25) is 0 Å². The molecule has 2 N–H and O–H groups in total. The summed E-state index contributed by atoms with van der Waals surface area (Å²) in [6, 6.07) is 11.7. The third kappa shape index (κ3) is 4.10. The van der Waals surface area contributed by atoms with E-state index < -0.39 is 0 Å². The summed E-state index contributed by atoms with van der Waals surface area (Å²) in [5.41, 5.74) is 2.99. The van der Waals surface area contributed by atoms with Crippen molar-refractivity contribution in [2.75, 3.05) is 10.6 Å². The molecule has 118 valence electrons. The van der Waals surface area contributed by atoms with Crippen LogP contribution in [0.15, 0.2) is 51.6 Å². The normalized spacial score (nSPS) is 10.6. The Morgan fingerprint density at radius 1 is 1.13 bits per heavy atom. The summed E-state index contributed by atoms with van der Waals surface area (Å²) in [6.45, 7) is 4.57. The Hall–Kier alpha value is -2.34. The molecule has 1 aromatic carbocycles. The fourth-order valence-electron chi connectivity index (χ4n) is 2.19. The van der Waals surface area contributed by atoms with Gasteiger partial charge in [-0.05, 0) is 49.7 Å². The molecule has 0 amide bonds. The molecule has 0 atom stereocenters. The third-order valence-corrected chi connectivity index (χ3v) is 3.81. The van der Waals surface area contributed by atoms with Crippen molar-refractivity contribution in [1.82, 2.24) is 9.97 Å².